The fraction of sp³-hybridized carbons (Fsp3) is 0.231. The van der Waals surface area contributed by atoms with Crippen LogP contribution in [0.15, 0.2) is 36.4 Å². The molecule has 1 aliphatic rings. The highest BCUT2D eigenvalue weighted by atomic mass is 14.5. The van der Waals surface area contributed by atoms with Gasteiger partial charge in [0, 0.05) is 5.69 Å². The number of aryl methyl sites for hydroxylation is 1. The lowest BCUT2D eigenvalue weighted by Crippen LogP contribution is -1.93. The van der Waals surface area contributed by atoms with Gasteiger partial charge in [-0.3, -0.25) is 0 Å². The van der Waals surface area contributed by atoms with E-state index in [1.807, 2.05) is 12.1 Å². The summed E-state index contributed by atoms with van der Waals surface area (Å²) in [6.07, 6.45) is 8.82. The molecule has 0 spiro atoms. The molecule has 0 saturated heterocycles. The summed E-state index contributed by atoms with van der Waals surface area (Å²) in [6.45, 7) is 2.12. The van der Waals surface area contributed by atoms with Gasteiger partial charge in [0.1, 0.15) is 0 Å². The van der Waals surface area contributed by atoms with E-state index in [0.29, 0.717) is 0 Å². The number of rotatable bonds is 1. The summed E-state index contributed by atoms with van der Waals surface area (Å²) in [5.74, 6) is 0. The van der Waals surface area contributed by atoms with Gasteiger partial charge in [0.25, 0.3) is 0 Å². The smallest absolute Gasteiger partial charge is 0.0317 e. The lowest BCUT2D eigenvalue weighted by molar-refractivity contribution is 1.05. The van der Waals surface area contributed by atoms with E-state index >= 15 is 0 Å². The Bertz CT molecular complexity index is 400. The zero-order valence-corrected chi connectivity index (χ0v) is 8.46. The van der Waals surface area contributed by atoms with Crippen molar-refractivity contribution in [1.82, 2.24) is 0 Å². The van der Waals surface area contributed by atoms with Crippen LogP contribution in [0.3, 0.4) is 0 Å². The molecule has 0 saturated carbocycles. The van der Waals surface area contributed by atoms with Gasteiger partial charge in [0.15, 0.2) is 0 Å². The highest BCUT2D eigenvalue weighted by Gasteiger charge is 2.05. The summed E-state index contributed by atoms with van der Waals surface area (Å²) in [7, 11) is 0. The summed E-state index contributed by atoms with van der Waals surface area (Å²) in [4.78, 5) is 0. The van der Waals surface area contributed by atoms with E-state index < -0.39 is 0 Å². The Morgan fingerprint density at radius 2 is 2.14 bits per heavy atom. The van der Waals surface area contributed by atoms with Crippen LogP contribution in [0.1, 0.15) is 24.0 Å². The van der Waals surface area contributed by atoms with Crippen LogP contribution >= 0.6 is 0 Å². The van der Waals surface area contributed by atoms with E-state index in [0.717, 1.165) is 18.5 Å². The summed E-state index contributed by atoms with van der Waals surface area (Å²) in [6, 6.07) is 6.13. The summed E-state index contributed by atoms with van der Waals surface area (Å²) in [5, 5.41) is 0. The molecule has 0 atom stereocenters. The second-order valence-corrected chi connectivity index (χ2v) is 3.73. The molecule has 0 aromatic heterocycles. The van der Waals surface area contributed by atoms with E-state index in [1.54, 1.807) is 0 Å². The SMILES string of the molecule is Cc1cc(N)ccc1C1=CC=CCC1. The Labute approximate surface area is 84.9 Å². The van der Waals surface area contributed by atoms with Gasteiger partial charge in [-0.15, -0.1) is 0 Å². The summed E-state index contributed by atoms with van der Waals surface area (Å²) in [5.41, 5.74) is 10.6. The highest BCUT2D eigenvalue weighted by Crippen LogP contribution is 2.27. The summed E-state index contributed by atoms with van der Waals surface area (Å²) < 4.78 is 0. The lowest BCUT2D eigenvalue weighted by Gasteiger charge is -2.12. The molecule has 72 valence electrons. The van der Waals surface area contributed by atoms with Gasteiger partial charge in [-0.05, 0) is 48.6 Å². The molecule has 0 bridgehead atoms. The van der Waals surface area contributed by atoms with E-state index in [9.17, 15) is 0 Å². The predicted octanol–water partition coefficient (Wildman–Crippen LogP) is 3.31. The minimum Gasteiger partial charge on any atom is -0.399 e. The van der Waals surface area contributed by atoms with Crippen molar-refractivity contribution >= 4 is 11.3 Å². The maximum atomic E-state index is 5.72. The first kappa shape index (κ1) is 9.07. The number of nitrogen functional groups attached to an aromatic ring is 1. The Balaban J connectivity index is 2.41. The molecule has 0 amide bonds. The Hall–Kier alpha value is -1.50. The maximum Gasteiger partial charge on any atom is 0.0317 e. The van der Waals surface area contributed by atoms with Crippen LogP contribution in [0.4, 0.5) is 5.69 Å². The van der Waals surface area contributed by atoms with Crippen LogP contribution in [0.5, 0.6) is 0 Å². The third kappa shape index (κ3) is 1.72. The number of anilines is 1. The van der Waals surface area contributed by atoms with Crippen molar-refractivity contribution in [3.63, 3.8) is 0 Å². The molecular formula is C13H15N. The van der Waals surface area contributed by atoms with Gasteiger partial charge < -0.3 is 5.73 Å². The minimum atomic E-state index is 0.846. The first-order chi connectivity index (χ1) is 6.77. The molecule has 1 aromatic rings. The van der Waals surface area contributed by atoms with Gasteiger partial charge in [-0.2, -0.15) is 0 Å². The van der Waals surface area contributed by atoms with Crippen molar-refractivity contribution in [1.29, 1.82) is 0 Å². The standard InChI is InChI=1S/C13H15N/c1-10-9-12(14)7-8-13(10)11-5-3-2-4-6-11/h2-3,5,7-9H,4,6,14H2,1H3. The van der Waals surface area contributed by atoms with Crippen molar-refractivity contribution in [2.24, 2.45) is 0 Å². The molecule has 0 aliphatic heterocycles. The average molecular weight is 185 g/mol. The highest BCUT2D eigenvalue weighted by molar-refractivity contribution is 5.71. The van der Waals surface area contributed by atoms with Crippen LogP contribution in [-0.4, -0.2) is 0 Å². The van der Waals surface area contributed by atoms with Crippen molar-refractivity contribution in [2.45, 2.75) is 19.8 Å². The molecule has 14 heavy (non-hydrogen) atoms. The molecule has 0 radical (unpaired) electrons. The van der Waals surface area contributed by atoms with Gasteiger partial charge >= 0.3 is 0 Å². The van der Waals surface area contributed by atoms with Crippen molar-refractivity contribution in [3.8, 4) is 0 Å². The quantitative estimate of drug-likeness (QED) is 0.667. The minimum absolute atomic E-state index is 0.846. The molecule has 1 aromatic carbocycles. The molecular weight excluding hydrogens is 170 g/mol. The number of benzene rings is 1. The van der Waals surface area contributed by atoms with Gasteiger partial charge in [-0.25, -0.2) is 0 Å². The van der Waals surface area contributed by atoms with Crippen molar-refractivity contribution < 1.29 is 0 Å². The number of nitrogens with two attached hydrogens (primary N) is 1. The lowest BCUT2D eigenvalue weighted by atomic mass is 9.94. The first-order valence-corrected chi connectivity index (χ1v) is 4.99. The maximum absolute atomic E-state index is 5.72. The van der Waals surface area contributed by atoms with Crippen LogP contribution in [0.2, 0.25) is 0 Å². The largest absolute Gasteiger partial charge is 0.399 e. The van der Waals surface area contributed by atoms with E-state index in [2.05, 4.69) is 31.2 Å². The molecule has 0 heterocycles. The Morgan fingerprint density at radius 3 is 2.79 bits per heavy atom. The van der Waals surface area contributed by atoms with Crippen LogP contribution in [-0.2, 0) is 0 Å². The van der Waals surface area contributed by atoms with Crippen LogP contribution in [0, 0.1) is 6.92 Å². The second-order valence-electron chi connectivity index (χ2n) is 3.73. The topological polar surface area (TPSA) is 26.0 Å². The predicted molar refractivity (Wildman–Crippen MR) is 61.9 cm³/mol. The fourth-order valence-corrected chi connectivity index (χ4v) is 1.87. The van der Waals surface area contributed by atoms with Gasteiger partial charge in [0.05, 0.1) is 0 Å². The normalized spacial score (nSPS) is 15.4. The number of hydrogen-bond acceptors (Lipinski definition) is 1. The van der Waals surface area contributed by atoms with Crippen molar-refractivity contribution in [3.05, 3.63) is 47.6 Å². The Morgan fingerprint density at radius 1 is 1.29 bits per heavy atom. The van der Waals surface area contributed by atoms with Gasteiger partial charge in [-0.1, -0.05) is 24.3 Å². The third-order valence-electron chi connectivity index (χ3n) is 2.61. The molecule has 2 N–H and O–H groups in total. The molecule has 2 rings (SSSR count). The average Bonchev–Trinajstić information content (AvgIpc) is 2.19. The van der Waals surface area contributed by atoms with E-state index in [1.165, 1.54) is 16.7 Å². The summed E-state index contributed by atoms with van der Waals surface area (Å²) >= 11 is 0. The zero-order chi connectivity index (χ0) is 9.97. The zero-order valence-electron chi connectivity index (χ0n) is 8.46. The van der Waals surface area contributed by atoms with Crippen molar-refractivity contribution in [2.75, 3.05) is 5.73 Å². The van der Waals surface area contributed by atoms with E-state index in [4.69, 9.17) is 5.73 Å². The fourth-order valence-electron chi connectivity index (χ4n) is 1.87. The third-order valence-corrected chi connectivity index (χ3v) is 2.61. The number of allylic oxidation sites excluding steroid dienone is 4. The van der Waals surface area contributed by atoms with Crippen LogP contribution in [0.25, 0.3) is 5.57 Å². The monoisotopic (exact) mass is 185 g/mol. The first-order valence-electron chi connectivity index (χ1n) is 4.99. The molecule has 1 aliphatic carbocycles. The van der Waals surface area contributed by atoms with Gasteiger partial charge in [0.2, 0.25) is 0 Å². The molecule has 0 unspecified atom stereocenters. The van der Waals surface area contributed by atoms with E-state index in [-0.39, 0.29) is 0 Å². The molecule has 1 nitrogen and oxygen atoms in total. The Kier molecular flexibility index (Phi) is 2.40. The van der Waals surface area contributed by atoms with Crippen LogP contribution < -0.4 is 5.73 Å². The number of hydrogen-bond donors (Lipinski definition) is 1. The molecule has 1 heteroatoms. The molecule has 0 fully saturated rings. The second kappa shape index (κ2) is 3.70.